The maximum absolute atomic E-state index is 11.9. The van der Waals surface area contributed by atoms with Crippen molar-refractivity contribution in [1.29, 1.82) is 0 Å². The largest absolute Gasteiger partial charge is 0.355 e. The molecule has 4 heteroatoms. The molecule has 0 radical (unpaired) electrons. The average Bonchev–Trinajstić information content (AvgIpc) is 2.18. The van der Waals surface area contributed by atoms with Gasteiger partial charge in [0, 0.05) is 6.54 Å². The van der Waals surface area contributed by atoms with Crippen molar-refractivity contribution >= 4 is 23.2 Å². The number of nitrogens with zero attached hydrogens (tertiary/aromatic N) is 1. The molecule has 1 fully saturated rings. The number of carbonyl (C=O) groups excluding carboxylic acids is 1. The fraction of sp³-hybridized carbons (Fsp3) is 0.400. The highest BCUT2D eigenvalue weighted by molar-refractivity contribution is 7.80. The number of hydrogen-bond acceptors (Lipinski definition) is 2. The first-order valence-corrected chi connectivity index (χ1v) is 5.11. The summed E-state index contributed by atoms with van der Waals surface area (Å²) >= 11 is 5.11. The molecule has 0 aromatic rings. The van der Waals surface area contributed by atoms with E-state index in [9.17, 15) is 4.79 Å². The van der Waals surface area contributed by atoms with Crippen LogP contribution in [0.5, 0.6) is 0 Å². The quantitative estimate of drug-likeness (QED) is 0.648. The lowest BCUT2D eigenvalue weighted by Gasteiger charge is -2.37. The topological polar surface area (TPSA) is 32.3 Å². The highest BCUT2D eigenvalue weighted by Crippen LogP contribution is 2.20. The first-order chi connectivity index (χ1) is 6.74. The summed E-state index contributed by atoms with van der Waals surface area (Å²) in [5.74, 6) is 0.00787. The van der Waals surface area contributed by atoms with Crippen LogP contribution in [0.2, 0.25) is 0 Å². The number of carbonyl (C=O) groups is 1. The van der Waals surface area contributed by atoms with E-state index in [0.717, 1.165) is 0 Å². The summed E-state index contributed by atoms with van der Waals surface area (Å²) in [6.45, 7) is 2.56. The minimum Gasteiger partial charge on any atom is -0.355 e. The Hall–Kier alpha value is -1.16. The summed E-state index contributed by atoms with van der Waals surface area (Å²) in [4.78, 5) is 13.5. The molecule has 1 N–H and O–H groups in total. The number of thiocarbonyl (C=S) groups is 1. The molecular weight excluding hydrogens is 196 g/mol. The molecule has 0 unspecified atom stereocenters. The Morgan fingerprint density at radius 3 is 2.93 bits per heavy atom. The van der Waals surface area contributed by atoms with Crippen LogP contribution in [0.25, 0.3) is 0 Å². The lowest BCUT2D eigenvalue weighted by molar-refractivity contribution is -0.131. The Balaban J connectivity index is 2.26. The Kier molecular flexibility index (Phi) is 2.37. The third-order valence-electron chi connectivity index (χ3n) is 2.54. The monoisotopic (exact) mass is 208 g/mol. The molecule has 1 aliphatic carbocycles. The molecule has 0 aromatic heterocycles. The molecule has 1 aliphatic heterocycles. The van der Waals surface area contributed by atoms with Crippen LogP contribution in [-0.4, -0.2) is 28.5 Å². The van der Waals surface area contributed by atoms with Crippen LogP contribution in [0.4, 0.5) is 0 Å². The second-order valence-electron chi connectivity index (χ2n) is 3.35. The lowest BCUT2D eigenvalue weighted by atomic mass is 9.92. The fourth-order valence-corrected chi connectivity index (χ4v) is 2.14. The molecule has 2 atom stereocenters. The van der Waals surface area contributed by atoms with Gasteiger partial charge in [-0.1, -0.05) is 24.3 Å². The predicted octanol–water partition coefficient (Wildman–Crippen LogP) is 0.834. The number of hydrogen-bond donors (Lipinski definition) is 1. The van der Waals surface area contributed by atoms with E-state index in [-0.39, 0.29) is 17.9 Å². The van der Waals surface area contributed by atoms with Gasteiger partial charge in [-0.3, -0.25) is 9.69 Å². The number of nitrogens with one attached hydrogen (secondary N) is 1. The van der Waals surface area contributed by atoms with Gasteiger partial charge in [0.1, 0.15) is 0 Å². The fourth-order valence-electron chi connectivity index (χ4n) is 1.78. The van der Waals surface area contributed by atoms with Crippen molar-refractivity contribution in [3.05, 3.63) is 24.3 Å². The molecule has 1 amide bonds. The van der Waals surface area contributed by atoms with Gasteiger partial charge < -0.3 is 5.32 Å². The zero-order valence-corrected chi connectivity index (χ0v) is 8.75. The molecule has 14 heavy (non-hydrogen) atoms. The smallest absolute Gasteiger partial charge is 0.238 e. The van der Waals surface area contributed by atoms with E-state index in [1.165, 1.54) is 0 Å². The SMILES string of the molecule is CCN1C(=O)[C@@H]2C=CC=C[C@@H]2NC1=S. The van der Waals surface area contributed by atoms with Gasteiger partial charge in [-0.2, -0.15) is 0 Å². The van der Waals surface area contributed by atoms with Crippen molar-refractivity contribution in [3.63, 3.8) is 0 Å². The third kappa shape index (κ3) is 1.35. The zero-order valence-electron chi connectivity index (χ0n) is 7.93. The summed E-state index contributed by atoms with van der Waals surface area (Å²) in [7, 11) is 0. The van der Waals surface area contributed by atoms with Crippen LogP contribution in [0.15, 0.2) is 24.3 Å². The molecule has 0 saturated carbocycles. The molecule has 1 saturated heterocycles. The minimum atomic E-state index is -0.0911. The first kappa shape index (κ1) is 9.40. The summed E-state index contributed by atoms with van der Waals surface area (Å²) in [5, 5.41) is 3.69. The summed E-state index contributed by atoms with van der Waals surface area (Å²) in [6.07, 6.45) is 7.74. The van der Waals surface area contributed by atoms with Crippen LogP contribution >= 0.6 is 12.2 Å². The van der Waals surface area contributed by atoms with Crippen molar-refractivity contribution < 1.29 is 4.79 Å². The van der Waals surface area contributed by atoms with E-state index in [1.807, 2.05) is 31.2 Å². The van der Waals surface area contributed by atoms with Gasteiger partial charge in [0.05, 0.1) is 12.0 Å². The van der Waals surface area contributed by atoms with Crippen molar-refractivity contribution in [2.75, 3.05) is 6.54 Å². The Labute approximate surface area is 88.5 Å². The van der Waals surface area contributed by atoms with Crippen LogP contribution in [0, 0.1) is 5.92 Å². The first-order valence-electron chi connectivity index (χ1n) is 4.71. The second kappa shape index (κ2) is 3.53. The molecular formula is C10H12N2OS. The molecule has 74 valence electrons. The van der Waals surface area contributed by atoms with Gasteiger partial charge in [-0.25, -0.2) is 0 Å². The number of allylic oxidation sites excluding steroid dienone is 2. The molecule has 0 bridgehead atoms. The lowest BCUT2D eigenvalue weighted by Crippen LogP contribution is -2.58. The summed E-state index contributed by atoms with van der Waals surface area (Å²) in [5.41, 5.74) is 0. The van der Waals surface area contributed by atoms with Gasteiger partial charge in [0.25, 0.3) is 0 Å². The maximum atomic E-state index is 11.9. The Morgan fingerprint density at radius 2 is 2.21 bits per heavy atom. The molecule has 1 heterocycles. The van der Waals surface area contributed by atoms with Gasteiger partial charge in [0.2, 0.25) is 5.91 Å². The molecule has 3 nitrogen and oxygen atoms in total. The van der Waals surface area contributed by atoms with E-state index in [1.54, 1.807) is 4.90 Å². The Morgan fingerprint density at radius 1 is 1.50 bits per heavy atom. The van der Waals surface area contributed by atoms with Gasteiger partial charge in [-0.15, -0.1) is 0 Å². The van der Waals surface area contributed by atoms with Gasteiger partial charge in [0.15, 0.2) is 5.11 Å². The van der Waals surface area contributed by atoms with Crippen molar-refractivity contribution in [2.24, 2.45) is 5.92 Å². The zero-order chi connectivity index (χ0) is 10.1. The van der Waals surface area contributed by atoms with E-state index in [4.69, 9.17) is 12.2 Å². The third-order valence-corrected chi connectivity index (χ3v) is 2.88. The van der Waals surface area contributed by atoms with Gasteiger partial charge >= 0.3 is 0 Å². The van der Waals surface area contributed by atoms with E-state index in [0.29, 0.717) is 11.7 Å². The molecule has 0 aromatic carbocycles. The van der Waals surface area contributed by atoms with Crippen LogP contribution in [0.3, 0.4) is 0 Å². The predicted molar refractivity (Wildman–Crippen MR) is 58.7 cm³/mol. The normalized spacial score (nSPS) is 30.2. The second-order valence-corrected chi connectivity index (χ2v) is 3.74. The van der Waals surface area contributed by atoms with Gasteiger partial charge in [-0.05, 0) is 19.1 Å². The van der Waals surface area contributed by atoms with Crippen LogP contribution < -0.4 is 5.32 Å². The summed E-state index contributed by atoms with van der Waals surface area (Å²) in [6, 6.07) is 0.0443. The molecule has 0 spiro atoms. The maximum Gasteiger partial charge on any atom is 0.238 e. The summed E-state index contributed by atoms with van der Waals surface area (Å²) < 4.78 is 0. The van der Waals surface area contributed by atoms with Crippen molar-refractivity contribution in [3.8, 4) is 0 Å². The molecule has 2 aliphatic rings. The van der Waals surface area contributed by atoms with E-state index < -0.39 is 0 Å². The highest BCUT2D eigenvalue weighted by Gasteiger charge is 2.36. The highest BCUT2D eigenvalue weighted by atomic mass is 32.1. The minimum absolute atomic E-state index is 0.0443. The number of fused-ring (bicyclic) bond motifs is 1. The van der Waals surface area contributed by atoms with Crippen LogP contribution in [-0.2, 0) is 4.79 Å². The van der Waals surface area contributed by atoms with E-state index >= 15 is 0 Å². The number of amides is 1. The van der Waals surface area contributed by atoms with Crippen molar-refractivity contribution in [2.45, 2.75) is 13.0 Å². The molecule has 2 rings (SSSR count). The van der Waals surface area contributed by atoms with Crippen LogP contribution in [0.1, 0.15) is 6.92 Å². The Bertz CT molecular complexity index is 335. The standard InChI is InChI=1S/C10H12N2OS/c1-2-12-9(13)7-5-3-4-6-8(7)11-10(12)14/h3-8H,2H2,1H3,(H,11,14)/t7-,8+/m1/s1. The number of rotatable bonds is 1. The average molecular weight is 208 g/mol. The van der Waals surface area contributed by atoms with Crippen molar-refractivity contribution in [1.82, 2.24) is 10.2 Å². The van der Waals surface area contributed by atoms with E-state index in [2.05, 4.69) is 5.32 Å².